The maximum Gasteiger partial charge on any atom is 0.272 e. The molecule has 13 heteroatoms. The summed E-state index contributed by atoms with van der Waals surface area (Å²) in [5.74, 6) is 0.207. The van der Waals surface area contributed by atoms with Crippen molar-refractivity contribution >= 4 is 28.6 Å². The minimum absolute atomic E-state index is 0.177. The van der Waals surface area contributed by atoms with Crippen molar-refractivity contribution in [3.05, 3.63) is 83.7 Å². The summed E-state index contributed by atoms with van der Waals surface area (Å²) in [4.78, 5) is 39.4. The molecule has 0 bridgehead atoms. The van der Waals surface area contributed by atoms with Gasteiger partial charge in [-0.05, 0) is 59.7 Å². The molecule has 4 heterocycles. The Balaban J connectivity index is 1.17. The number of hydrogen-bond donors (Lipinski definition) is 1. The molecule has 5 aromatic rings. The van der Waals surface area contributed by atoms with Gasteiger partial charge in [0, 0.05) is 50.6 Å². The van der Waals surface area contributed by atoms with Crippen LogP contribution in [0, 0.1) is 5.82 Å². The number of amides is 2. The molecule has 1 atom stereocenters. The Morgan fingerprint density at radius 2 is 1.84 bits per heavy atom. The van der Waals surface area contributed by atoms with Crippen molar-refractivity contribution in [3.8, 4) is 11.5 Å². The van der Waals surface area contributed by atoms with Crippen molar-refractivity contribution in [2.24, 2.45) is 0 Å². The first-order valence-corrected chi connectivity index (χ1v) is 14.6. The maximum atomic E-state index is 13.8. The van der Waals surface area contributed by atoms with Gasteiger partial charge in [0.05, 0.1) is 12.6 Å². The largest absolute Gasteiger partial charge is 0.436 e. The molecule has 1 fully saturated rings. The number of oxazole rings is 1. The van der Waals surface area contributed by atoms with Crippen LogP contribution >= 0.6 is 0 Å². The molecule has 12 nitrogen and oxygen atoms in total. The van der Waals surface area contributed by atoms with Crippen LogP contribution in [0.15, 0.2) is 65.2 Å². The number of hydrogen-bond acceptors (Lipinski definition) is 9. The molecule has 44 heavy (non-hydrogen) atoms. The first-order chi connectivity index (χ1) is 21.4. The SMILES string of the molecule is CCCCn1nnc([C@@H](c2ccc(F)cc2)N2CCN(C(=O)c3cc(-c4nc5cc(NC(C)=O)ccc5o4)ccn3)CC2)n1. The Hall–Kier alpha value is -5.04. The van der Waals surface area contributed by atoms with Gasteiger partial charge in [-0.15, -0.1) is 10.2 Å². The third-order valence-corrected chi connectivity index (χ3v) is 7.51. The highest BCUT2D eigenvalue weighted by atomic mass is 19.1. The summed E-state index contributed by atoms with van der Waals surface area (Å²) < 4.78 is 19.7. The number of anilines is 1. The van der Waals surface area contributed by atoms with Gasteiger partial charge in [0.25, 0.3) is 5.91 Å². The number of nitrogens with one attached hydrogen (secondary N) is 1. The number of halogens is 1. The monoisotopic (exact) mass is 597 g/mol. The van der Waals surface area contributed by atoms with Gasteiger partial charge in [-0.2, -0.15) is 4.80 Å². The summed E-state index contributed by atoms with van der Waals surface area (Å²) in [6.45, 7) is 6.25. The summed E-state index contributed by atoms with van der Waals surface area (Å²) in [6, 6.07) is 14.7. The van der Waals surface area contributed by atoms with E-state index in [1.165, 1.54) is 19.1 Å². The predicted molar refractivity (Wildman–Crippen MR) is 160 cm³/mol. The molecular formula is C31H32FN9O3. The van der Waals surface area contributed by atoms with Crippen LogP contribution < -0.4 is 5.32 Å². The lowest BCUT2D eigenvalue weighted by Crippen LogP contribution is -2.50. The van der Waals surface area contributed by atoms with E-state index in [0.717, 1.165) is 18.4 Å². The minimum atomic E-state index is -0.324. The number of aromatic nitrogens is 6. The summed E-state index contributed by atoms with van der Waals surface area (Å²) in [5.41, 5.74) is 3.53. The fourth-order valence-electron chi connectivity index (χ4n) is 5.29. The van der Waals surface area contributed by atoms with E-state index in [1.54, 1.807) is 58.4 Å². The number of rotatable bonds is 9. The van der Waals surface area contributed by atoms with Crippen LogP contribution in [-0.2, 0) is 11.3 Å². The van der Waals surface area contributed by atoms with Crippen LogP contribution in [0.5, 0.6) is 0 Å². The number of unbranched alkanes of at least 4 members (excludes halogenated alkanes) is 1. The summed E-state index contributed by atoms with van der Waals surface area (Å²) in [7, 11) is 0. The van der Waals surface area contributed by atoms with Crippen molar-refractivity contribution in [2.75, 3.05) is 31.5 Å². The van der Waals surface area contributed by atoms with Crippen LogP contribution in [0.1, 0.15) is 54.6 Å². The number of pyridine rings is 1. The Kier molecular flexibility index (Phi) is 8.37. The number of benzene rings is 2. The fourth-order valence-corrected chi connectivity index (χ4v) is 5.29. The third-order valence-electron chi connectivity index (χ3n) is 7.51. The number of piperazine rings is 1. The van der Waals surface area contributed by atoms with E-state index in [-0.39, 0.29) is 29.4 Å². The van der Waals surface area contributed by atoms with Gasteiger partial charge in [0.15, 0.2) is 11.4 Å². The molecule has 3 aromatic heterocycles. The first-order valence-electron chi connectivity index (χ1n) is 14.6. The van der Waals surface area contributed by atoms with Crippen molar-refractivity contribution in [3.63, 3.8) is 0 Å². The third kappa shape index (κ3) is 6.32. The van der Waals surface area contributed by atoms with Crippen LogP contribution in [-0.4, -0.2) is 78.0 Å². The van der Waals surface area contributed by atoms with E-state index in [1.807, 2.05) is 0 Å². The molecule has 1 N–H and O–H groups in total. The zero-order chi connectivity index (χ0) is 30.6. The van der Waals surface area contributed by atoms with Gasteiger partial charge in [0.1, 0.15) is 17.0 Å². The summed E-state index contributed by atoms with van der Waals surface area (Å²) in [5, 5.41) is 15.9. The highest BCUT2D eigenvalue weighted by Crippen LogP contribution is 2.29. The molecule has 2 aromatic carbocycles. The molecule has 0 aliphatic carbocycles. The lowest BCUT2D eigenvalue weighted by atomic mass is 10.0. The molecule has 0 unspecified atom stereocenters. The standard InChI is InChI=1S/C31H32FN9O3/c1-3-4-13-41-37-29(36-38-41)28(21-5-7-23(32)8-6-21)39-14-16-40(17-15-39)31(43)26-18-22(11-12-33-26)30-35-25-19-24(34-20(2)42)9-10-27(25)44-30/h5-12,18-19,28H,3-4,13-17H2,1-2H3,(H,34,42)/t28-/m1/s1. The predicted octanol–water partition coefficient (Wildman–Crippen LogP) is 4.32. The van der Waals surface area contributed by atoms with Gasteiger partial charge in [-0.3, -0.25) is 19.5 Å². The molecule has 226 valence electrons. The summed E-state index contributed by atoms with van der Waals surface area (Å²) >= 11 is 0. The van der Waals surface area contributed by atoms with E-state index < -0.39 is 0 Å². The molecule has 1 aliphatic rings. The van der Waals surface area contributed by atoms with E-state index in [2.05, 4.69) is 42.5 Å². The van der Waals surface area contributed by atoms with Gasteiger partial charge in [-0.25, -0.2) is 9.37 Å². The second-order valence-corrected chi connectivity index (χ2v) is 10.7. The fraction of sp³-hybridized carbons (Fsp3) is 0.323. The van der Waals surface area contributed by atoms with Crippen molar-refractivity contribution in [2.45, 2.75) is 39.3 Å². The van der Waals surface area contributed by atoms with Gasteiger partial charge in [0.2, 0.25) is 11.8 Å². The van der Waals surface area contributed by atoms with Gasteiger partial charge in [-0.1, -0.05) is 25.5 Å². The molecule has 6 rings (SSSR count). The zero-order valence-electron chi connectivity index (χ0n) is 24.5. The highest BCUT2D eigenvalue weighted by Gasteiger charge is 2.32. The van der Waals surface area contributed by atoms with Crippen LogP contribution in [0.4, 0.5) is 10.1 Å². The Bertz CT molecular complexity index is 1780. The van der Waals surface area contributed by atoms with Crippen LogP contribution in [0.2, 0.25) is 0 Å². The molecule has 2 amide bonds. The van der Waals surface area contributed by atoms with E-state index in [0.29, 0.717) is 66.8 Å². The van der Waals surface area contributed by atoms with Crippen molar-refractivity contribution in [1.29, 1.82) is 0 Å². The van der Waals surface area contributed by atoms with Crippen molar-refractivity contribution in [1.82, 2.24) is 40.0 Å². The average molecular weight is 598 g/mol. The lowest BCUT2D eigenvalue weighted by molar-refractivity contribution is -0.114. The number of fused-ring (bicyclic) bond motifs is 1. The lowest BCUT2D eigenvalue weighted by Gasteiger charge is -2.38. The van der Waals surface area contributed by atoms with Gasteiger partial charge < -0.3 is 14.6 Å². The second kappa shape index (κ2) is 12.7. The van der Waals surface area contributed by atoms with Crippen LogP contribution in [0.3, 0.4) is 0 Å². The van der Waals surface area contributed by atoms with Gasteiger partial charge >= 0.3 is 0 Å². The maximum absolute atomic E-state index is 13.8. The molecule has 1 aliphatic heterocycles. The molecule has 0 radical (unpaired) electrons. The van der Waals surface area contributed by atoms with E-state index >= 15 is 0 Å². The zero-order valence-corrected chi connectivity index (χ0v) is 24.5. The molecule has 0 spiro atoms. The average Bonchev–Trinajstić information content (AvgIpc) is 3.68. The smallest absolute Gasteiger partial charge is 0.272 e. The molecular weight excluding hydrogens is 565 g/mol. The second-order valence-electron chi connectivity index (χ2n) is 10.7. The number of tetrazole rings is 1. The number of carbonyl (C=O) groups is 2. The quantitative estimate of drug-likeness (QED) is 0.264. The summed E-state index contributed by atoms with van der Waals surface area (Å²) in [6.07, 6.45) is 3.52. The van der Waals surface area contributed by atoms with Crippen molar-refractivity contribution < 1.29 is 18.4 Å². The highest BCUT2D eigenvalue weighted by molar-refractivity contribution is 5.94. The number of aryl methyl sites for hydroxylation is 1. The molecule has 1 saturated heterocycles. The first kappa shape index (κ1) is 29.1. The van der Waals surface area contributed by atoms with Crippen LogP contribution in [0.25, 0.3) is 22.6 Å². The Morgan fingerprint density at radius 3 is 2.59 bits per heavy atom. The number of carbonyl (C=O) groups excluding carboxylic acids is 2. The minimum Gasteiger partial charge on any atom is -0.436 e. The van der Waals surface area contributed by atoms with E-state index in [9.17, 15) is 14.0 Å². The number of nitrogens with zero attached hydrogens (tertiary/aromatic N) is 8. The normalized spacial score (nSPS) is 14.6. The Labute approximate surface area is 252 Å². The topological polar surface area (TPSA) is 135 Å². The van der Waals surface area contributed by atoms with E-state index in [4.69, 9.17) is 4.42 Å². The Morgan fingerprint density at radius 1 is 1.05 bits per heavy atom. The molecule has 0 saturated carbocycles.